The summed E-state index contributed by atoms with van der Waals surface area (Å²) >= 11 is 11.3. The molecule has 0 fully saturated rings. The molecule has 0 spiro atoms. The zero-order chi connectivity index (χ0) is 9.84. The van der Waals surface area contributed by atoms with Crippen LogP contribution < -0.4 is 4.74 Å². The summed E-state index contributed by atoms with van der Waals surface area (Å²) < 4.78 is 4.95. The lowest BCUT2D eigenvalue weighted by Crippen LogP contribution is -1.94. The van der Waals surface area contributed by atoms with Crippen LogP contribution in [-0.2, 0) is 0 Å². The number of hydrogen-bond acceptors (Lipinski definition) is 4. The molecule has 0 aromatic carbocycles. The van der Waals surface area contributed by atoms with Crippen LogP contribution in [0.25, 0.3) is 0 Å². The van der Waals surface area contributed by atoms with Crippen molar-refractivity contribution in [1.29, 1.82) is 0 Å². The smallest absolute Gasteiger partial charge is 0.143 e. The summed E-state index contributed by atoms with van der Waals surface area (Å²) in [5.41, 5.74) is 0.385. The first-order valence-corrected chi connectivity index (χ1v) is 4.02. The topological polar surface area (TPSA) is 54.7 Å². The molecule has 0 amide bonds. The van der Waals surface area contributed by atoms with Gasteiger partial charge < -0.3 is 9.94 Å². The Morgan fingerprint density at radius 3 is 2.85 bits per heavy atom. The van der Waals surface area contributed by atoms with Crippen LogP contribution in [0.5, 0.6) is 5.75 Å². The van der Waals surface area contributed by atoms with Gasteiger partial charge >= 0.3 is 0 Å². The summed E-state index contributed by atoms with van der Waals surface area (Å²) in [6.45, 7) is 0. The first-order chi connectivity index (χ1) is 6.19. The number of rotatable bonds is 2. The molecule has 0 saturated heterocycles. The minimum atomic E-state index is 0.127. The van der Waals surface area contributed by atoms with Crippen molar-refractivity contribution in [2.75, 3.05) is 7.11 Å². The lowest BCUT2D eigenvalue weighted by Gasteiger charge is -2.05. The van der Waals surface area contributed by atoms with Gasteiger partial charge in [0.15, 0.2) is 0 Å². The number of methoxy groups -OCH3 is 1. The van der Waals surface area contributed by atoms with Gasteiger partial charge in [0.05, 0.1) is 18.9 Å². The molecule has 13 heavy (non-hydrogen) atoms. The highest BCUT2D eigenvalue weighted by Gasteiger charge is 2.08. The van der Waals surface area contributed by atoms with Gasteiger partial charge in [-0.15, -0.1) is 0 Å². The van der Waals surface area contributed by atoms with Crippen LogP contribution in [0, 0.1) is 0 Å². The third-order valence-corrected chi connectivity index (χ3v) is 1.83. The molecule has 70 valence electrons. The molecule has 1 N–H and O–H groups in total. The maximum atomic E-state index is 8.33. The Kier molecular flexibility index (Phi) is 3.33. The largest absolute Gasteiger partial charge is 0.496 e. The fraction of sp³-hybridized carbons (Fsp3) is 0.143. The van der Waals surface area contributed by atoms with E-state index < -0.39 is 0 Å². The number of nitrogens with zero attached hydrogens (tertiary/aromatic N) is 2. The zero-order valence-electron chi connectivity index (χ0n) is 6.66. The first-order valence-electron chi connectivity index (χ1n) is 3.26. The molecular formula is C7H6Cl2N2O2. The second-order valence-corrected chi connectivity index (χ2v) is 2.84. The van der Waals surface area contributed by atoms with Gasteiger partial charge in [0.25, 0.3) is 0 Å². The number of halogens is 2. The average Bonchev–Trinajstić information content (AvgIpc) is 2.09. The maximum absolute atomic E-state index is 8.33. The van der Waals surface area contributed by atoms with Crippen LogP contribution in [0.3, 0.4) is 0 Å². The third kappa shape index (κ3) is 2.23. The maximum Gasteiger partial charge on any atom is 0.143 e. The van der Waals surface area contributed by atoms with E-state index in [9.17, 15) is 0 Å². The predicted molar refractivity (Wildman–Crippen MR) is 50.2 cm³/mol. The molecular weight excluding hydrogens is 215 g/mol. The SMILES string of the molecule is COc1cc(Cl)nc(Cl)c1C=NO. The van der Waals surface area contributed by atoms with Gasteiger partial charge in [-0.1, -0.05) is 28.4 Å². The van der Waals surface area contributed by atoms with Crippen molar-refractivity contribution in [2.45, 2.75) is 0 Å². The second kappa shape index (κ2) is 4.30. The molecule has 0 saturated carbocycles. The van der Waals surface area contributed by atoms with E-state index >= 15 is 0 Å². The Morgan fingerprint density at radius 1 is 1.62 bits per heavy atom. The summed E-state index contributed by atoms with van der Waals surface area (Å²) in [7, 11) is 1.46. The fourth-order valence-corrected chi connectivity index (χ4v) is 1.28. The van der Waals surface area contributed by atoms with Crippen LogP contribution in [0.4, 0.5) is 0 Å². The zero-order valence-corrected chi connectivity index (χ0v) is 8.17. The highest BCUT2D eigenvalue weighted by molar-refractivity contribution is 6.34. The molecule has 1 heterocycles. The van der Waals surface area contributed by atoms with Crippen LogP contribution in [-0.4, -0.2) is 23.5 Å². The van der Waals surface area contributed by atoms with Crippen molar-refractivity contribution in [3.63, 3.8) is 0 Å². The molecule has 0 aliphatic heterocycles. The quantitative estimate of drug-likeness (QED) is 0.360. The molecule has 0 unspecified atom stereocenters. The van der Waals surface area contributed by atoms with E-state index in [1.165, 1.54) is 13.2 Å². The van der Waals surface area contributed by atoms with Gasteiger partial charge in [0, 0.05) is 6.07 Å². The molecule has 1 rings (SSSR count). The normalized spacial score (nSPS) is 10.7. The van der Waals surface area contributed by atoms with Crippen LogP contribution >= 0.6 is 23.2 Å². The molecule has 0 aliphatic rings. The molecule has 0 aliphatic carbocycles. The highest BCUT2D eigenvalue weighted by Crippen LogP contribution is 2.26. The molecule has 1 aromatic heterocycles. The first kappa shape index (κ1) is 10.1. The summed E-state index contributed by atoms with van der Waals surface area (Å²) in [5.74, 6) is 0.405. The van der Waals surface area contributed by atoms with Gasteiger partial charge in [-0.3, -0.25) is 0 Å². The Morgan fingerprint density at radius 2 is 2.31 bits per heavy atom. The second-order valence-electron chi connectivity index (χ2n) is 2.10. The Hall–Kier alpha value is -1.00. The summed E-state index contributed by atoms with van der Waals surface area (Å²) in [6.07, 6.45) is 1.13. The van der Waals surface area contributed by atoms with E-state index in [4.69, 9.17) is 33.1 Å². The summed E-state index contributed by atoms with van der Waals surface area (Å²) in [6, 6.07) is 1.48. The third-order valence-electron chi connectivity index (χ3n) is 1.35. The monoisotopic (exact) mass is 220 g/mol. The number of aromatic nitrogens is 1. The predicted octanol–water partition coefficient (Wildman–Crippen LogP) is 2.21. The van der Waals surface area contributed by atoms with E-state index in [2.05, 4.69) is 10.1 Å². The van der Waals surface area contributed by atoms with Crippen LogP contribution in [0.15, 0.2) is 11.2 Å². The Labute approximate surface area is 84.7 Å². The van der Waals surface area contributed by atoms with E-state index in [0.717, 1.165) is 6.21 Å². The number of ether oxygens (including phenoxy) is 1. The number of oxime groups is 1. The van der Waals surface area contributed by atoms with Gasteiger partial charge in [0.1, 0.15) is 16.1 Å². The summed E-state index contributed by atoms with van der Waals surface area (Å²) in [5, 5.41) is 11.5. The Balaban J connectivity index is 3.29. The van der Waals surface area contributed by atoms with Crippen molar-refractivity contribution in [3.8, 4) is 5.75 Å². The van der Waals surface area contributed by atoms with Crippen LogP contribution in [0.2, 0.25) is 10.3 Å². The molecule has 0 bridgehead atoms. The minimum absolute atomic E-state index is 0.127. The van der Waals surface area contributed by atoms with E-state index in [1.54, 1.807) is 0 Å². The lowest BCUT2D eigenvalue weighted by atomic mass is 10.3. The van der Waals surface area contributed by atoms with E-state index in [0.29, 0.717) is 11.3 Å². The molecule has 4 nitrogen and oxygen atoms in total. The highest BCUT2D eigenvalue weighted by atomic mass is 35.5. The van der Waals surface area contributed by atoms with Crippen molar-refractivity contribution in [3.05, 3.63) is 21.9 Å². The van der Waals surface area contributed by atoms with Gasteiger partial charge in [-0.05, 0) is 0 Å². The van der Waals surface area contributed by atoms with Gasteiger partial charge in [0.2, 0.25) is 0 Å². The molecule has 6 heteroatoms. The van der Waals surface area contributed by atoms with Crippen molar-refractivity contribution in [1.82, 2.24) is 4.98 Å². The molecule has 0 atom stereocenters. The molecule has 1 aromatic rings. The van der Waals surface area contributed by atoms with Gasteiger partial charge in [-0.25, -0.2) is 4.98 Å². The van der Waals surface area contributed by atoms with Crippen molar-refractivity contribution in [2.24, 2.45) is 5.16 Å². The van der Waals surface area contributed by atoms with Crippen molar-refractivity contribution < 1.29 is 9.94 Å². The average molecular weight is 221 g/mol. The van der Waals surface area contributed by atoms with E-state index in [1.807, 2.05) is 0 Å². The van der Waals surface area contributed by atoms with E-state index in [-0.39, 0.29) is 10.3 Å². The minimum Gasteiger partial charge on any atom is -0.496 e. The van der Waals surface area contributed by atoms with Crippen molar-refractivity contribution >= 4 is 29.4 Å². The summed E-state index contributed by atoms with van der Waals surface area (Å²) in [4.78, 5) is 3.75. The number of pyridine rings is 1. The fourth-order valence-electron chi connectivity index (χ4n) is 0.817. The Bertz CT molecular complexity index is 342. The lowest BCUT2D eigenvalue weighted by molar-refractivity contribution is 0.321. The standard InChI is InChI=1S/C7H6Cl2N2O2/c1-13-5-2-6(8)11-7(9)4(5)3-10-12/h2-3,12H,1H3. The van der Waals surface area contributed by atoms with Crippen LogP contribution in [0.1, 0.15) is 5.56 Å². The van der Waals surface area contributed by atoms with Gasteiger partial charge in [-0.2, -0.15) is 0 Å². The molecule has 0 radical (unpaired) electrons. The number of hydrogen-bond donors (Lipinski definition) is 1.